The molecule has 1 aliphatic rings. The van der Waals surface area contributed by atoms with Crippen LogP contribution in [0.4, 0.5) is 0 Å². The lowest BCUT2D eigenvalue weighted by molar-refractivity contribution is 0.112. The smallest absolute Gasteiger partial charge is 0.162 e. The maximum Gasteiger partial charge on any atom is 0.162 e. The van der Waals surface area contributed by atoms with E-state index in [1.165, 1.54) is 0 Å². The molecule has 100 valence electrons. The highest BCUT2D eigenvalue weighted by Crippen LogP contribution is 2.31. The van der Waals surface area contributed by atoms with Crippen LogP contribution in [0.2, 0.25) is 0 Å². The Morgan fingerprint density at radius 3 is 2.74 bits per heavy atom. The van der Waals surface area contributed by atoms with E-state index in [-0.39, 0.29) is 12.0 Å². The first-order valence-corrected chi connectivity index (χ1v) is 6.78. The van der Waals surface area contributed by atoms with E-state index in [9.17, 15) is 4.79 Å². The summed E-state index contributed by atoms with van der Waals surface area (Å²) >= 11 is 3.44. The first-order valence-electron chi connectivity index (χ1n) is 5.99. The van der Waals surface area contributed by atoms with E-state index in [2.05, 4.69) is 28.9 Å². The maximum atomic E-state index is 10.7. The molecule has 2 rings (SSSR count). The van der Waals surface area contributed by atoms with Crippen molar-refractivity contribution >= 4 is 22.2 Å². The van der Waals surface area contributed by atoms with Crippen molar-refractivity contribution in [3.8, 4) is 11.5 Å². The van der Waals surface area contributed by atoms with Gasteiger partial charge in [0.15, 0.2) is 11.5 Å². The van der Waals surface area contributed by atoms with Gasteiger partial charge in [0.2, 0.25) is 0 Å². The number of methoxy groups -OCH3 is 1. The molecule has 2 atom stereocenters. The first-order chi connectivity index (χ1) is 9.13. The molecule has 4 heteroatoms. The van der Waals surface area contributed by atoms with Crippen LogP contribution < -0.4 is 9.47 Å². The molecule has 0 fully saturated rings. The normalized spacial score (nSPS) is 21.7. The van der Waals surface area contributed by atoms with E-state index >= 15 is 0 Å². The van der Waals surface area contributed by atoms with E-state index in [0.29, 0.717) is 17.1 Å². The Morgan fingerprint density at radius 1 is 1.32 bits per heavy atom. The Hall–Kier alpha value is -1.55. The molecule has 1 aromatic carbocycles. The van der Waals surface area contributed by atoms with Crippen LogP contribution in [0.25, 0.3) is 0 Å². The van der Waals surface area contributed by atoms with Gasteiger partial charge in [-0.2, -0.15) is 0 Å². The average Bonchev–Trinajstić information content (AvgIpc) is 2.42. The second-order valence-electron chi connectivity index (χ2n) is 4.38. The minimum Gasteiger partial charge on any atom is -0.493 e. The number of carbonyl (C=O) groups excluding carboxylic acids is 1. The molecule has 0 amide bonds. The third-order valence-corrected chi connectivity index (χ3v) is 3.50. The van der Waals surface area contributed by atoms with Gasteiger partial charge in [-0.15, -0.1) is 0 Å². The predicted molar refractivity (Wildman–Crippen MR) is 78.1 cm³/mol. The predicted octanol–water partition coefficient (Wildman–Crippen LogP) is 3.74. The molecule has 3 nitrogen and oxygen atoms in total. The molecule has 0 N–H and O–H groups in total. The number of ether oxygens (including phenoxy) is 2. The summed E-state index contributed by atoms with van der Waals surface area (Å²) in [5, 5.41) is 0. The Labute approximate surface area is 121 Å². The maximum absolute atomic E-state index is 10.7. The fourth-order valence-electron chi connectivity index (χ4n) is 1.91. The SMILES string of the molecule is COc1cc(C=O)ccc1OC1C=CC(Br)=CC1C. The molecule has 0 saturated heterocycles. The molecule has 19 heavy (non-hydrogen) atoms. The fraction of sp³-hybridized carbons (Fsp3) is 0.267. The summed E-state index contributed by atoms with van der Waals surface area (Å²) in [7, 11) is 1.56. The highest BCUT2D eigenvalue weighted by atomic mass is 79.9. The van der Waals surface area contributed by atoms with Crippen LogP contribution >= 0.6 is 15.9 Å². The second kappa shape index (κ2) is 6.06. The van der Waals surface area contributed by atoms with Crippen molar-refractivity contribution in [3.05, 3.63) is 46.5 Å². The number of hydrogen-bond donors (Lipinski definition) is 0. The number of carbonyl (C=O) groups is 1. The van der Waals surface area contributed by atoms with E-state index < -0.39 is 0 Å². The Balaban J connectivity index is 2.20. The third kappa shape index (κ3) is 3.26. The van der Waals surface area contributed by atoms with Crippen molar-refractivity contribution in [1.29, 1.82) is 0 Å². The van der Waals surface area contributed by atoms with E-state index in [1.54, 1.807) is 25.3 Å². The van der Waals surface area contributed by atoms with Crippen LogP contribution in [0.5, 0.6) is 11.5 Å². The topological polar surface area (TPSA) is 35.5 Å². The van der Waals surface area contributed by atoms with Crippen molar-refractivity contribution in [1.82, 2.24) is 0 Å². The largest absolute Gasteiger partial charge is 0.493 e. The van der Waals surface area contributed by atoms with E-state index in [4.69, 9.17) is 9.47 Å². The van der Waals surface area contributed by atoms with Gasteiger partial charge in [-0.3, -0.25) is 4.79 Å². The average molecular weight is 323 g/mol. The van der Waals surface area contributed by atoms with Crippen molar-refractivity contribution in [2.75, 3.05) is 7.11 Å². The minimum absolute atomic E-state index is 0.0442. The number of benzene rings is 1. The molecule has 0 saturated carbocycles. The molecule has 0 aliphatic heterocycles. The summed E-state index contributed by atoms with van der Waals surface area (Å²) in [5.74, 6) is 1.47. The van der Waals surface area contributed by atoms with Gasteiger partial charge in [-0.1, -0.05) is 28.9 Å². The first kappa shape index (κ1) is 13.9. The van der Waals surface area contributed by atoms with Crippen LogP contribution in [0.1, 0.15) is 17.3 Å². The molecule has 0 aromatic heterocycles. The second-order valence-corrected chi connectivity index (χ2v) is 5.30. The lowest BCUT2D eigenvalue weighted by atomic mass is 10.00. The Morgan fingerprint density at radius 2 is 2.11 bits per heavy atom. The van der Waals surface area contributed by atoms with Crippen molar-refractivity contribution in [2.45, 2.75) is 13.0 Å². The number of halogens is 1. The zero-order valence-electron chi connectivity index (χ0n) is 10.8. The molecule has 2 unspecified atom stereocenters. The van der Waals surface area contributed by atoms with Gasteiger partial charge in [-0.05, 0) is 30.4 Å². The zero-order valence-corrected chi connectivity index (χ0v) is 12.4. The summed E-state index contributed by atoms with van der Waals surface area (Å²) in [6, 6.07) is 5.15. The molecule has 0 spiro atoms. The van der Waals surface area contributed by atoms with Gasteiger partial charge in [0.05, 0.1) is 7.11 Å². The lowest BCUT2D eigenvalue weighted by Gasteiger charge is -2.24. The molecule has 0 radical (unpaired) electrons. The summed E-state index contributed by atoms with van der Waals surface area (Å²) in [5.41, 5.74) is 0.569. The lowest BCUT2D eigenvalue weighted by Crippen LogP contribution is -2.23. The number of aldehydes is 1. The monoisotopic (exact) mass is 322 g/mol. The Kier molecular flexibility index (Phi) is 4.43. The van der Waals surface area contributed by atoms with Gasteiger partial charge in [0.1, 0.15) is 12.4 Å². The van der Waals surface area contributed by atoms with Crippen molar-refractivity contribution < 1.29 is 14.3 Å². The summed E-state index contributed by atoms with van der Waals surface area (Å²) < 4.78 is 12.3. The third-order valence-electron chi connectivity index (χ3n) is 2.97. The number of hydrogen-bond acceptors (Lipinski definition) is 3. The van der Waals surface area contributed by atoms with Crippen LogP contribution in [0.15, 0.2) is 40.9 Å². The Bertz CT molecular complexity index is 534. The van der Waals surface area contributed by atoms with Crippen LogP contribution in [-0.2, 0) is 0 Å². The standard InChI is InChI=1S/C15H15BrO3/c1-10-7-12(16)4-6-13(10)19-14-5-3-11(9-17)8-15(14)18-2/h3-10,13H,1-2H3. The summed E-state index contributed by atoms with van der Waals surface area (Å²) in [6.07, 6.45) is 6.81. The fourth-order valence-corrected chi connectivity index (χ4v) is 2.48. The highest BCUT2D eigenvalue weighted by molar-refractivity contribution is 9.11. The summed E-state index contributed by atoms with van der Waals surface area (Å²) in [6.45, 7) is 2.09. The van der Waals surface area contributed by atoms with Crippen LogP contribution in [0, 0.1) is 5.92 Å². The summed E-state index contributed by atoms with van der Waals surface area (Å²) in [4.78, 5) is 10.7. The van der Waals surface area contributed by atoms with Gasteiger partial charge in [0, 0.05) is 16.0 Å². The molecule has 0 heterocycles. The molecule has 1 aromatic rings. The molecule has 0 bridgehead atoms. The van der Waals surface area contributed by atoms with Crippen molar-refractivity contribution in [2.24, 2.45) is 5.92 Å². The van der Waals surface area contributed by atoms with E-state index in [1.807, 2.05) is 12.2 Å². The van der Waals surface area contributed by atoms with Gasteiger partial charge >= 0.3 is 0 Å². The number of rotatable bonds is 4. The molecular formula is C15H15BrO3. The quantitative estimate of drug-likeness (QED) is 0.792. The van der Waals surface area contributed by atoms with Crippen LogP contribution in [-0.4, -0.2) is 19.5 Å². The molecule has 1 aliphatic carbocycles. The molecular weight excluding hydrogens is 308 g/mol. The van der Waals surface area contributed by atoms with E-state index in [0.717, 1.165) is 10.8 Å². The zero-order chi connectivity index (χ0) is 13.8. The van der Waals surface area contributed by atoms with Gasteiger partial charge < -0.3 is 9.47 Å². The van der Waals surface area contributed by atoms with Crippen LogP contribution in [0.3, 0.4) is 0 Å². The minimum atomic E-state index is -0.0442. The van der Waals surface area contributed by atoms with Crippen molar-refractivity contribution in [3.63, 3.8) is 0 Å². The van der Waals surface area contributed by atoms with Gasteiger partial charge in [0.25, 0.3) is 0 Å². The number of allylic oxidation sites excluding steroid dienone is 2. The highest BCUT2D eigenvalue weighted by Gasteiger charge is 2.19. The van der Waals surface area contributed by atoms with Gasteiger partial charge in [-0.25, -0.2) is 0 Å².